The Balaban J connectivity index is 1.59. The highest BCUT2D eigenvalue weighted by molar-refractivity contribution is 6.07. The lowest BCUT2D eigenvalue weighted by Crippen LogP contribution is -2.41. The lowest BCUT2D eigenvalue weighted by Gasteiger charge is -2.17. The van der Waals surface area contributed by atoms with Crippen LogP contribution < -0.4 is 10.6 Å². The number of hydrogen-bond acceptors (Lipinski definition) is 3. The molecule has 0 aliphatic heterocycles. The number of halogens is 3. The van der Waals surface area contributed by atoms with Crippen molar-refractivity contribution in [1.82, 2.24) is 10.6 Å². The number of phenols is 1. The van der Waals surface area contributed by atoms with E-state index in [1.54, 1.807) is 12.1 Å². The van der Waals surface area contributed by atoms with Gasteiger partial charge in [-0.15, -0.1) is 0 Å². The summed E-state index contributed by atoms with van der Waals surface area (Å²) in [7, 11) is 0. The smallest absolute Gasteiger partial charge is 0.417 e. The lowest BCUT2D eigenvalue weighted by molar-refractivity contribution is -0.138. The number of benzene rings is 3. The van der Waals surface area contributed by atoms with Crippen LogP contribution >= 0.6 is 0 Å². The normalized spacial score (nSPS) is 12.8. The maximum atomic E-state index is 13.2. The van der Waals surface area contributed by atoms with E-state index in [1.165, 1.54) is 0 Å². The number of rotatable bonds is 2. The van der Waals surface area contributed by atoms with Crippen molar-refractivity contribution in [2.24, 2.45) is 0 Å². The summed E-state index contributed by atoms with van der Waals surface area (Å²) >= 11 is 0. The molecular formula is C22H15F3N2O3. The largest absolute Gasteiger partial charge is 0.507 e. The zero-order valence-corrected chi connectivity index (χ0v) is 15.3. The van der Waals surface area contributed by atoms with Crippen molar-refractivity contribution in [2.75, 3.05) is 0 Å². The van der Waals surface area contributed by atoms with Crippen LogP contribution in [0.3, 0.4) is 0 Å². The minimum absolute atomic E-state index is 0.573. The zero-order valence-electron chi connectivity index (χ0n) is 15.3. The number of imide groups is 1. The summed E-state index contributed by atoms with van der Waals surface area (Å²) in [5.41, 5.74) is 1.12. The second-order valence-electron chi connectivity index (χ2n) is 6.73. The molecule has 3 aromatic rings. The second kappa shape index (κ2) is 7.22. The van der Waals surface area contributed by atoms with E-state index >= 15 is 0 Å². The monoisotopic (exact) mass is 412 g/mol. The number of carbonyl (C=O) groups excluding carboxylic acids is 2. The Morgan fingerprint density at radius 2 is 1.40 bits per heavy atom. The van der Waals surface area contributed by atoms with Gasteiger partial charge in [-0.2, -0.15) is 13.2 Å². The summed E-state index contributed by atoms with van der Waals surface area (Å²) in [4.78, 5) is 24.8. The van der Waals surface area contributed by atoms with Crippen molar-refractivity contribution in [1.29, 1.82) is 0 Å². The fraction of sp³-hybridized carbons (Fsp3) is 0.0909. The van der Waals surface area contributed by atoms with E-state index in [2.05, 4.69) is 5.32 Å². The van der Waals surface area contributed by atoms with E-state index in [9.17, 15) is 27.9 Å². The molecule has 0 heterocycles. The lowest BCUT2D eigenvalue weighted by atomic mass is 10.0. The Bertz CT molecular complexity index is 1110. The first kappa shape index (κ1) is 19.5. The molecule has 0 saturated heterocycles. The fourth-order valence-electron chi connectivity index (χ4n) is 3.66. The van der Waals surface area contributed by atoms with Crippen LogP contribution in [-0.2, 0) is 6.18 Å². The molecule has 30 heavy (non-hydrogen) atoms. The minimum Gasteiger partial charge on any atom is -0.507 e. The maximum Gasteiger partial charge on any atom is 0.417 e. The minimum atomic E-state index is -4.87. The first-order chi connectivity index (χ1) is 14.3. The van der Waals surface area contributed by atoms with Gasteiger partial charge in [0.05, 0.1) is 17.2 Å². The molecule has 4 rings (SSSR count). The first-order valence-electron chi connectivity index (χ1n) is 8.96. The van der Waals surface area contributed by atoms with E-state index in [4.69, 9.17) is 0 Å². The van der Waals surface area contributed by atoms with Gasteiger partial charge in [0.2, 0.25) is 0 Å². The van der Waals surface area contributed by atoms with Gasteiger partial charge in [0.1, 0.15) is 5.75 Å². The Morgan fingerprint density at radius 3 is 1.97 bits per heavy atom. The summed E-state index contributed by atoms with van der Waals surface area (Å²) in [5, 5.41) is 14.3. The molecule has 0 fully saturated rings. The molecule has 152 valence electrons. The molecule has 5 nitrogen and oxygen atoms in total. The van der Waals surface area contributed by atoms with Crippen LogP contribution in [0.2, 0.25) is 0 Å². The fourth-order valence-corrected chi connectivity index (χ4v) is 3.66. The number of aromatic hydroxyl groups is 1. The van der Waals surface area contributed by atoms with Gasteiger partial charge in [0.25, 0.3) is 5.91 Å². The topological polar surface area (TPSA) is 78.4 Å². The van der Waals surface area contributed by atoms with Gasteiger partial charge in [-0.25, -0.2) is 4.79 Å². The summed E-state index contributed by atoms with van der Waals surface area (Å²) < 4.78 is 39.6. The molecule has 3 amide bonds. The molecule has 3 N–H and O–H groups in total. The van der Waals surface area contributed by atoms with E-state index < -0.39 is 41.0 Å². The van der Waals surface area contributed by atoms with Crippen molar-refractivity contribution < 1.29 is 27.9 Å². The Labute approximate surface area is 169 Å². The van der Waals surface area contributed by atoms with Crippen LogP contribution in [0.15, 0.2) is 66.7 Å². The Kier molecular flexibility index (Phi) is 4.69. The van der Waals surface area contributed by atoms with Crippen LogP contribution in [-0.4, -0.2) is 17.0 Å². The van der Waals surface area contributed by atoms with Gasteiger partial charge in [-0.3, -0.25) is 10.1 Å². The van der Waals surface area contributed by atoms with Gasteiger partial charge in [0, 0.05) is 0 Å². The number of carbonyl (C=O) groups is 2. The maximum absolute atomic E-state index is 13.2. The van der Waals surface area contributed by atoms with Gasteiger partial charge >= 0.3 is 12.2 Å². The average Bonchev–Trinajstić information content (AvgIpc) is 3.01. The summed E-state index contributed by atoms with van der Waals surface area (Å²) in [6.45, 7) is 0. The molecule has 0 radical (unpaired) electrons. The highest BCUT2D eigenvalue weighted by Crippen LogP contribution is 2.43. The molecule has 0 bridgehead atoms. The number of hydrogen-bond donors (Lipinski definition) is 3. The van der Waals surface area contributed by atoms with Crippen molar-refractivity contribution >= 4 is 11.9 Å². The number of amides is 3. The summed E-state index contributed by atoms with van der Waals surface area (Å²) in [6, 6.07) is 15.8. The summed E-state index contributed by atoms with van der Waals surface area (Å²) in [5.74, 6) is -2.22. The van der Waals surface area contributed by atoms with E-state index in [0.717, 1.165) is 34.4 Å². The first-order valence-corrected chi connectivity index (χ1v) is 8.96. The Hall–Kier alpha value is -3.81. The molecule has 3 aromatic carbocycles. The van der Waals surface area contributed by atoms with Gasteiger partial charge < -0.3 is 10.4 Å². The molecule has 8 heteroatoms. The zero-order chi connectivity index (χ0) is 21.5. The molecule has 0 spiro atoms. The van der Waals surface area contributed by atoms with Gasteiger partial charge in [-0.1, -0.05) is 54.6 Å². The molecule has 0 atom stereocenters. The van der Waals surface area contributed by atoms with Crippen LogP contribution in [0, 0.1) is 0 Å². The quantitative estimate of drug-likeness (QED) is 0.575. The van der Waals surface area contributed by atoms with Crippen molar-refractivity contribution in [3.05, 3.63) is 89.0 Å². The molecular weight excluding hydrogens is 397 g/mol. The molecule has 0 saturated carbocycles. The molecule has 1 aliphatic carbocycles. The standard InChI is InChI=1S/C22H15F3N2O3/c23-22(24,25)16-10-5-11-17(28)18(16)20(29)27-21(30)26-19-14-8-3-1-6-12(14)13-7-2-4-9-15(13)19/h1-11,19,28H,(H2,26,27,29,30). The molecule has 0 unspecified atom stereocenters. The third kappa shape index (κ3) is 3.36. The van der Waals surface area contributed by atoms with Crippen molar-refractivity contribution in [3.8, 4) is 16.9 Å². The SMILES string of the molecule is O=C(NC(=O)c1c(O)cccc1C(F)(F)F)NC1c2ccccc2-c2ccccc21. The number of urea groups is 1. The summed E-state index contributed by atoms with van der Waals surface area (Å²) in [6.07, 6.45) is -4.87. The van der Waals surface area contributed by atoms with E-state index in [0.29, 0.717) is 6.07 Å². The predicted octanol–water partition coefficient (Wildman–Crippen LogP) is 4.62. The number of alkyl halides is 3. The third-order valence-corrected chi connectivity index (χ3v) is 4.91. The number of nitrogens with one attached hydrogen (secondary N) is 2. The molecule has 0 aromatic heterocycles. The van der Waals surface area contributed by atoms with Crippen LogP contribution in [0.25, 0.3) is 11.1 Å². The molecule has 1 aliphatic rings. The third-order valence-electron chi connectivity index (χ3n) is 4.91. The van der Waals surface area contributed by atoms with E-state index in [-0.39, 0.29) is 0 Å². The van der Waals surface area contributed by atoms with Crippen LogP contribution in [0.4, 0.5) is 18.0 Å². The van der Waals surface area contributed by atoms with Crippen LogP contribution in [0.5, 0.6) is 5.75 Å². The predicted molar refractivity (Wildman–Crippen MR) is 103 cm³/mol. The number of fused-ring (bicyclic) bond motifs is 3. The van der Waals surface area contributed by atoms with Crippen molar-refractivity contribution in [2.45, 2.75) is 12.2 Å². The number of phenolic OH excluding ortho intramolecular Hbond substituents is 1. The highest BCUT2D eigenvalue weighted by Gasteiger charge is 2.37. The van der Waals surface area contributed by atoms with Crippen molar-refractivity contribution in [3.63, 3.8) is 0 Å². The highest BCUT2D eigenvalue weighted by atomic mass is 19.4. The van der Waals surface area contributed by atoms with E-state index in [1.807, 2.05) is 41.7 Å². The van der Waals surface area contributed by atoms with Gasteiger partial charge in [0.15, 0.2) is 0 Å². The Morgan fingerprint density at radius 1 is 0.833 bits per heavy atom. The average molecular weight is 412 g/mol. The van der Waals surface area contributed by atoms with Gasteiger partial charge in [-0.05, 0) is 34.4 Å². The van der Waals surface area contributed by atoms with Crippen LogP contribution in [0.1, 0.15) is 33.1 Å². The second-order valence-corrected chi connectivity index (χ2v) is 6.73.